The van der Waals surface area contributed by atoms with Crippen LogP contribution in [-0.4, -0.2) is 28.8 Å². The second-order valence-corrected chi connectivity index (χ2v) is 8.34. The van der Waals surface area contributed by atoms with Crippen molar-refractivity contribution in [1.29, 1.82) is 0 Å². The number of nitrogens with zero attached hydrogens (tertiary/aromatic N) is 1. The van der Waals surface area contributed by atoms with Crippen LogP contribution in [0.2, 0.25) is 10.0 Å². The van der Waals surface area contributed by atoms with Crippen LogP contribution in [0.5, 0.6) is 0 Å². The predicted octanol–water partition coefficient (Wildman–Crippen LogP) is 4.46. The molecule has 2 atom stereocenters. The zero-order valence-corrected chi connectivity index (χ0v) is 18.5. The second kappa shape index (κ2) is 9.10. The molecule has 8 heteroatoms. The zero-order valence-electron chi connectivity index (χ0n) is 17.0. The first-order chi connectivity index (χ1) is 15.3. The molecule has 2 N–H and O–H groups in total. The third kappa shape index (κ3) is 4.66. The lowest BCUT2D eigenvalue weighted by molar-refractivity contribution is -0.596. The Kier molecular flexibility index (Phi) is 6.26. The minimum Gasteiger partial charge on any atom is -0.334 e. The van der Waals surface area contributed by atoms with Crippen molar-refractivity contribution in [3.63, 3.8) is 0 Å². The summed E-state index contributed by atoms with van der Waals surface area (Å²) in [5, 5.41) is 3.70. The quantitative estimate of drug-likeness (QED) is 0.553. The fourth-order valence-electron chi connectivity index (χ4n) is 3.53. The van der Waals surface area contributed by atoms with Gasteiger partial charge in [-0.05, 0) is 49.4 Å². The average Bonchev–Trinajstić information content (AvgIpc) is 3.06. The Balaban J connectivity index is 1.72. The maximum atomic E-state index is 13.2. The summed E-state index contributed by atoms with van der Waals surface area (Å²) in [5.74, 6) is -1.31. The van der Waals surface area contributed by atoms with Crippen molar-refractivity contribution in [2.24, 2.45) is 0 Å². The average molecular weight is 471 g/mol. The van der Waals surface area contributed by atoms with E-state index >= 15 is 0 Å². The molecule has 0 bridgehead atoms. The van der Waals surface area contributed by atoms with Crippen LogP contribution in [0.4, 0.5) is 4.39 Å². The Hall–Kier alpha value is -3.22. The molecule has 1 fully saturated rings. The number of nitrogens with one attached hydrogen (secondary N) is 2. The van der Waals surface area contributed by atoms with Gasteiger partial charge in [-0.1, -0.05) is 53.0 Å². The molecule has 0 aromatic heterocycles. The summed E-state index contributed by atoms with van der Waals surface area (Å²) in [4.78, 5) is 25.7. The molecule has 0 radical (unpaired) electrons. The monoisotopic (exact) mass is 470 g/mol. The van der Waals surface area contributed by atoms with Crippen molar-refractivity contribution < 1.29 is 18.7 Å². The van der Waals surface area contributed by atoms with E-state index in [1.165, 1.54) is 24.3 Å². The van der Waals surface area contributed by atoms with E-state index < -0.39 is 23.8 Å². The molecule has 3 aromatic rings. The first-order valence-corrected chi connectivity index (χ1v) is 10.6. The van der Waals surface area contributed by atoms with Crippen molar-refractivity contribution in [3.8, 4) is 0 Å². The van der Waals surface area contributed by atoms with Crippen LogP contribution < -0.4 is 10.7 Å². The SMILES string of the molecule is Cc1ccc([C@H]2[C@@H](NC(=O)c3ccc(F)cc3)C(=O)N/[N+]2=C\c2ccc(Cl)cc2Cl)cc1. The Labute approximate surface area is 194 Å². The van der Waals surface area contributed by atoms with Gasteiger partial charge in [0.2, 0.25) is 12.3 Å². The molecule has 1 aliphatic heterocycles. The minimum atomic E-state index is -0.891. The normalized spacial score (nSPS) is 19.1. The van der Waals surface area contributed by atoms with E-state index in [0.717, 1.165) is 11.1 Å². The zero-order chi connectivity index (χ0) is 22.8. The molecule has 1 heterocycles. The summed E-state index contributed by atoms with van der Waals surface area (Å²) in [5.41, 5.74) is 5.59. The highest BCUT2D eigenvalue weighted by molar-refractivity contribution is 6.36. The van der Waals surface area contributed by atoms with E-state index in [0.29, 0.717) is 15.6 Å². The van der Waals surface area contributed by atoms with E-state index in [9.17, 15) is 14.0 Å². The highest BCUT2D eigenvalue weighted by atomic mass is 35.5. The van der Waals surface area contributed by atoms with Gasteiger partial charge in [0, 0.05) is 16.1 Å². The van der Waals surface area contributed by atoms with Gasteiger partial charge in [-0.3, -0.25) is 9.59 Å². The lowest BCUT2D eigenvalue weighted by Crippen LogP contribution is -2.42. The van der Waals surface area contributed by atoms with Crippen molar-refractivity contribution >= 4 is 41.2 Å². The van der Waals surface area contributed by atoms with Crippen LogP contribution in [0.3, 0.4) is 0 Å². The van der Waals surface area contributed by atoms with Gasteiger partial charge in [-0.15, -0.1) is 10.1 Å². The summed E-state index contributed by atoms with van der Waals surface area (Å²) in [6.07, 6.45) is 1.70. The molecule has 0 saturated carbocycles. The van der Waals surface area contributed by atoms with Crippen LogP contribution in [-0.2, 0) is 4.79 Å². The summed E-state index contributed by atoms with van der Waals surface area (Å²) in [7, 11) is 0. The van der Waals surface area contributed by atoms with Gasteiger partial charge in [-0.2, -0.15) is 0 Å². The summed E-state index contributed by atoms with van der Waals surface area (Å²) in [6.45, 7) is 1.97. The van der Waals surface area contributed by atoms with Crippen molar-refractivity contribution in [2.45, 2.75) is 19.0 Å². The number of carbonyl (C=O) groups is 2. The van der Waals surface area contributed by atoms with Gasteiger partial charge in [0.1, 0.15) is 5.82 Å². The van der Waals surface area contributed by atoms with Gasteiger partial charge in [0.25, 0.3) is 5.91 Å². The molecule has 32 heavy (non-hydrogen) atoms. The van der Waals surface area contributed by atoms with Crippen LogP contribution >= 0.6 is 23.2 Å². The van der Waals surface area contributed by atoms with Gasteiger partial charge < -0.3 is 5.32 Å². The highest BCUT2D eigenvalue weighted by Crippen LogP contribution is 2.27. The first kappa shape index (κ1) is 22.0. The van der Waals surface area contributed by atoms with Gasteiger partial charge >= 0.3 is 5.91 Å². The Morgan fingerprint density at radius 3 is 2.41 bits per heavy atom. The molecule has 2 amide bonds. The second-order valence-electron chi connectivity index (χ2n) is 7.49. The van der Waals surface area contributed by atoms with Gasteiger partial charge in [0.05, 0.1) is 10.6 Å². The first-order valence-electron chi connectivity index (χ1n) is 9.83. The largest absolute Gasteiger partial charge is 0.334 e. The minimum absolute atomic E-state index is 0.255. The van der Waals surface area contributed by atoms with E-state index in [1.807, 2.05) is 31.2 Å². The van der Waals surface area contributed by atoms with Gasteiger partial charge in [-0.25, -0.2) is 4.39 Å². The van der Waals surface area contributed by atoms with Gasteiger partial charge in [0.15, 0.2) is 6.04 Å². The maximum Gasteiger partial charge on any atom is 0.304 e. The Morgan fingerprint density at radius 1 is 1.06 bits per heavy atom. The van der Waals surface area contributed by atoms with Crippen molar-refractivity contribution in [1.82, 2.24) is 10.7 Å². The predicted molar refractivity (Wildman–Crippen MR) is 122 cm³/mol. The fraction of sp³-hybridized carbons (Fsp3) is 0.125. The number of benzene rings is 3. The number of amides is 2. The molecule has 5 nitrogen and oxygen atoms in total. The molecular weight excluding hydrogens is 452 g/mol. The number of hydrogen-bond acceptors (Lipinski definition) is 2. The lowest BCUT2D eigenvalue weighted by atomic mass is 9.98. The molecule has 0 spiro atoms. The number of carbonyl (C=O) groups excluding carboxylic acids is 2. The number of rotatable bonds is 4. The number of halogens is 3. The Morgan fingerprint density at radius 2 is 1.75 bits per heavy atom. The Bertz CT molecular complexity index is 1210. The van der Waals surface area contributed by atoms with E-state index in [2.05, 4.69) is 10.7 Å². The number of aryl methyl sites for hydroxylation is 1. The molecule has 162 valence electrons. The third-order valence-corrected chi connectivity index (χ3v) is 5.75. The standard InChI is InChI=1S/C24H18Cl2FN3O2/c1-14-2-4-15(5-3-14)22-21(28-23(31)16-7-10-19(27)11-8-16)24(32)29-30(22)13-17-6-9-18(25)12-20(17)26/h2-13,21-22H,1H3,(H-,28,29,31,32)/p+1/b30-13-/t21-,22+/m1/s1. The molecule has 0 unspecified atom stereocenters. The van der Waals surface area contributed by atoms with Crippen LogP contribution in [0.1, 0.15) is 33.1 Å². The molecule has 1 aliphatic rings. The van der Waals surface area contributed by atoms with E-state index in [1.54, 1.807) is 29.1 Å². The van der Waals surface area contributed by atoms with Crippen LogP contribution in [0.25, 0.3) is 0 Å². The summed E-state index contributed by atoms with van der Waals surface area (Å²) < 4.78 is 14.8. The fourth-order valence-corrected chi connectivity index (χ4v) is 3.98. The number of hydrogen-bond donors (Lipinski definition) is 2. The number of hydrazone groups is 1. The van der Waals surface area contributed by atoms with E-state index in [4.69, 9.17) is 23.2 Å². The van der Waals surface area contributed by atoms with Crippen LogP contribution in [0.15, 0.2) is 66.7 Å². The molecule has 3 aromatic carbocycles. The molecule has 4 rings (SSSR count). The third-order valence-electron chi connectivity index (χ3n) is 5.19. The maximum absolute atomic E-state index is 13.2. The summed E-state index contributed by atoms with van der Waals surface area (Å²) in [6, 6.07) is 16.4. The van der Waals surface area contributed by atoms with E-state index in [-0.39, 0.29) is 11.5 Å². The molecule has 1 saturated heterocycles. The summed E-state index contributed by atoms with van der Waals surface area (Å²) >= 11 is 12.3. The lowest BCUT2D eigenvalue weighted by Gasteiger charge is -2.15. The smallest absolute Gasteiger partial charge is 0.304 e. The molecule has 0 aliphatic carbocycles. The van der Waals surface area contributed by atoms with Crippen molar-refractivity contribution in [3.05, 3.63) is 105 Å². The molecular formula is C24H19Cl2FN3O2+. The highest BCUT2D eigenvalue weighted by Gasteiger charge is 2.47. The topological polar surface area (TPSA) is 61.2 Å². The number of hydrazine groups is 1. The van der Waals surface area contributed by atoms with Crippen molar-refractivity contribution in [2.75, 3.05) is 0 Å². The van der Waals surface area contributed by atoms with Crippen LogP contribution in [0, 0.1) is 12.7 Å².